The number of carbonyl (C=O) groups excluding carboxylic acids is 1. The van der Waals surface area contributed by atoms with Crippen LogP contribution in [0.5, 0.6) is 0 Å². The van der Waals surface area contributed by atoms with Gasteiger partial charge in [-0.25, -0.2) is 0 Å². The number of pyridine rings is 1. The van der Waals surface area contributed by atoms with Gasteiger partial charge in [-0.05, 0) is 37.8 Å². The van der Waals surface area contributed by atoms with Crippen molar-refractivity contribution in [1.29, 1.82) is 0 Å². The summed E-state index contributed by atoms with van der Waals surface area (Å²) in [7, 11) is 3.48. The van der Waals surface area contributed by atoms with E-state index in [2.05, 4.69) is 16.8 Å². The summed E-state index contributed by atoms with van der Waals surface area (Å²) in [6.45, 7) is 4.07. The molecule has 0 aromatic carbocycles. The van der Waals surface area contributed by atoms with E-state index in [-0.39, 0.29) is 11.9 Å². The number of carbonyl (C=O) groups is 1. The van der Waals surface area contributed by atoms with Crippen LogP contribution in [0.4, 0.5) is 5.69 Å². The molecular formula is C15H24N4O. The number of nitrogens with two attached hydrogens (primary N) is 1. The molecule has 2 heterocycles. The minimum atomic E-state index is -0.0580. The molecule has 1 aliphatic rings. The van der Waals surface area contributed by atoms with E-state index < -0.39 is 0 Å². The van der Waals surface area contributed by atoms with Crippen LogP contribution in [0.1, 0.15) is 30.3 Å². The summed E-state index contributed by atoms with van der Waals surface area (Å²) in [6, 6.07) is 4.12. The predicted molar refractivity (Wildman–Crippen MR) is 80.8 cm³/mol. The molecule has 1 aromatic heterocycles. The summed E-state index contributed by atoms with van der Waals surface area (Å²) >= 11 is 0. The van der Waals surface area contributed by atoms with E-state index in [1.54, 1.807) is 25.2 Å². The number of amides is 1. The third-order valence-electron chi connectivity index (χ3n) is 4.02. The van der Waals surface area contributed by atoms with E-state index in [1.807, 2.05) is 12.1 Å². The second-order valence-corrected chi connectivity index (χ2v) is 5.78. The molecule has 2 rings (SSSR count). The fourth-order valence-electron chi connectivity index (χ4n) is 2.65. The molecule has 1 saturated heterocycles. The third-order valence-corrected chi connectivity index (χ3v) is 4.02. The van der Waals surface area contributed by atoms with Gasteiger partial charge in [-0.15, -0.1) is 0 Å². The van der Waals surface area contributed by atoms with Crippen LogP contribution < -0.4 is 10.6 Å². The van der Waals surface area contributed by atoms with E-state index >= 15 is 0 Å². The highest BCUT2D eigenvalue weighted by molar-refractivity contribution is 5.92. The lowest BCUT2D eigenvalue weighted by Gasteiger charge is -2.35. The molecule has 1 unspecified atom stereocenters. The Bertz CT molecular complexity index is 465. The quantitative estimate of drug-likeness (QED) is 0.905. The van der Waals surface area contributed by atoms with Crippen molar-refractivity contribution < 1.29 is 4.79 Å². The van der Waals surface area contributed by atoms with Crippen molar-refractivity contribution in [1.82, 2.24) is 9.88 Å². The second kappa shape index (κ2) is 6.22. The Morgan fingerprint density at radius 3 is 2.65 bits per heavy atom. The van der Waals surface area contributed by atoms with Gasteiger partial charge in [-0.3, -0.25) is 9.78 Å². The van der Waals surface area contributed by atoms with Gasteiger partial charge >= 0.3 is 0 Å². The van der Waals surface area contributed by atoms with Crippen LogP contribution in [0, 0.1) is 5.92 Å². The summed E-state index contributed by atoms with van der Waals surface area (Å²) in [5.74, 6) is 0.549. The number of rotatable bonds is 3. The summed E-state index contributed by atoms with van der Waals surface area (Å²) in [4.78, 5) is 20.0. The Hall–Kier alpha value is -1.62. The van der Waals surface area contributed by atoms with Crippen molar-refractivity contribution in [2.45, 2.75) is 25.8 Å². The number of nitrogens with zero attached hydrogens (tertiary/aromatic N) is 3. The van der Waals surface area contributed by atoms with Gasteiger partial charge in [0, 0.05) is 45.1 Å². The molecule has 20 heavy (non-hydrogen) atoms. The Balaban J connectivity index is 2.07. The lowest BCUT2D eigenvalue weighted by molar-refractivity contribution is 0.0822. The SMILES string of the molecule is CC(N)C1CCN(c2ccnc(C(=O)N(C)C)c2)CC1. The van der Waals surface area contributed by atoms with Gasteiger partial charge in [0.05, 0.1) is 0 Å². The van der Waals surface area contributed by atoms with E-state index in [0.717, 1.165) is 31.6 Å². The topological polar surface area (TPSA) is 62.5 Å². The molecule has 110 valence electrons. The van der Waals surface area contributed by atoms with Gasteiger partial charge in [0.1, 0.15) is 5.69 Å². The molecule has 5 heteroatoms. The molecule has 0 aliphatic carbocycles. The predicted octanol–water partition coefficient (Wildman–Crippen LogP) is 1.35. The van der Waals surface area contributed by atoms with Crippen LogP contribution in [-0.2, 0) is 0 Å². The summed E-state index contributed by atoms with van der Waals surface area (Å²) in [6.07, 6.45) is 3.93. The Morgan fingerprint density at radius 1 is 1.45 bits per heavy atom. The first-order valence-electron chi connectivity index (χ1n) is 7.17. The molecule has 1 fully saturated rings. The molecule has 5 nitrogen and oxygen atoms in total. The molecule has 1 aromatic rings. The number of anilines is 1. The first-order valence-corrected chi connectivity index (χ1v) is 7.17. The number of hydrogen-bond acceptors (Lipinski definition) is 4. The molecule has 0 bridgehead atoms. The van der Waals surface area contributed by atoms with Crippen molar-refractivity contribution >= 4 is 11.6 Å². The lowest BCUT2D eigenvalue weighted by atomic mass is 9.91. The van der Waals surface area contributed by atoms with E-state index in [9.17, 15) is 4.79 Å². The van der Waals surface area contributed by atoms with Crippen LogP contribution in [0.25, 0.3) is 0 Å². The molecule has 1 amide bonds. The van der Waals surface area contributed by atoms with E-state index in [1.165, 1.54) is 0 Å². The number of piperidine rings is 1. The fraction of sp³-hybridized carbons (Fsp3) is 0.600. The maximum absolute atomic E-state index is 11.9. The van der Waals surface area contributed by atoms with Crippen molar-refractivity contribution in [3.05, 3.63) is 24.0 Å². The van der Waals surface area contributed by atoms with E-state index in [0.29, 0.717) is 11.6 Å². The summed E-state index contributed by atoms with van der Waals surface area (Å²) in [5, 5.41) is 0. The molecule has 0 radical (unpaired) electrons. The zero-order chi connectivity index (χ0) is 14.7. The third kappa shape index (κ3) is 3.28. The number of hydrogen-bond donors (Lipinski definition) is 1. The standard InChI is InChI=1S/C15H24N4O/c1-11(16)12-5-8-19(9-6-12)13-4-7-17-14(10-13)15(20)18(2)3/h4,7,10-12H,5-6,8-9,16H2,1-3H3. The van der Waals surface area contributed by atoms with Crippen LogP contribution in [0.15, 0.2) is 18.3 Å². The summed E-state index contributed by atoms with van der Waals surface area (Å²) < 4.78 is 0. The second-order valence-electron chi connectivity index (χ2n) is 5.78. The highest BCUT2D eigenvalue weighted by Gasteiger charge is 2.22. The minimum Gasteiger partial charge on any atom is -0.371 e. The first-order chi connectivity index (χ1) is 9.49. The zero-order valence-corrected chi connectivity index (χ0v) is 12.5. The Morgan fingerprint density at radius 2 is 2.10 bits per heavy atom. The Labute approximate surface area is 120 Å². The minimum absolute atomic E-state index is 0.0580. The number of aromatic nitrogens is 1. The van der Waals surface area contributed by atoms with Crippen molar-refractivity contribution in [2.75, 3.05) is 32.1 Å². The molecule has 1 aliphatic heterocycles. The maximum Gasteiger partial charge on any atom is 0.272 e. The smallest absolute Gasteiger partial charge is 0.272 e. The molecule has 2 N–H and O–H groups in total. The molecular weight excluding hydrogens is 252 g/mol. The van der Waals surface area contributed by atoms with Crippen LogP contribution in [0.3, 0.4) is 0 Å². The van der Waals surface area contributed by atoms with Crippen LogP contribution in [0.2, 0.25) is 0 Å². The zero-order valence-electron chi connectivity index (χ0n) is 12.5. The van der Waals surface area contributed by atoms with Crippen LogP contribution in [-0.4, -0.2) is 49.0 Å². The van der Waals surface area contributed by atoms with Gasteiger partial charge in [0.2, 0.25) is 0 Å². The van der Waals surface area contributed by atoms with Gasteiger partial charge in [0.15, 0.2) is 0 Å². The van der Waals surface area contributed by atoms with Crippen LogP contribution >= 0.6 is 0 Å². The summed E-state index contributed by atoms with van der Waals surface area (Å²) in [5.41, 5.74) is 7.55. The maximum atomic E-state index is 11.9. The average molecular weight is 276 g/mol. The van der Waals surface area contributed by atoms with Gasteiger partial charge < -0.3 is 15.5 Å². The Kier molecular flexibility index (Phi) is 4.60. The fourth-order valence-corrected chi connectivity index (χ4v) is 2.65. The van der Waals surface area contributed by atoms with E-state index in [4.69, 9.17) is 5.73 Å². The highest BCUT2D eigenvalue weighted by atomic mass is 16.2. The first kappa shape index (κ1) is 14.8. The van der Waals surface area contributed by atoms with Crippen molar-refractivity contribution in [2.24, 2.45) is 11.7 Å². The molecule has 0 spiro atoms. The largest absolute Gasteiger partial charge is 0.371 e. The van der Waals surface area contributed by atoms with Crippen molar-refractivity contribution in [3.63, 3.8) is 0 Å². The monoisotopic (exact) mass is 276 g/mol. The van der Waals surface area contributed by atoms with Crippen molar-refractivity contribution in [3.8, 4) is 0 Å². The van der Waals surface area contributed by atoms with Gasteiger partial charge in [-0.2, -0.15) is 0 Å². The molecule has 0 saturated carbocycles. The average Bonchev–Trinajstić information content (AvgIpc) is 2.46. The van der Waals surface area contributed by atoms with Gasteiger partial charge in [0.25, 0.3) is 5.91 Å². The lowest BCUT2D eigenvalue weighted by Crippen LogP contribution is -2.39. The van der Waals surface area contributed by atoms with Gasteiger partial charge in [-0.1, -0.05) is 0 Å². The normalized spacial score (nSPS) is 17.9. The highest BCUT2D eigenvalue weighted by Crippen LogP contribution is 2.24. The molecule has 1 atom stereocenters.